The van der Waals surface area contributed by atoms with Gasteiger partial charge in [-0.05, 0) is 44.0 Å². The molecule has 2 amide bonds. The molecular formula is C21H26N2O2. The van der Waals surface area contributed by atoms with Gasteiger partial charge in [0.05, 0.1) is 5.41 Å². The zero-order valence-electron chi connectivity index (χ0n) is 15.6. The fraction of sp³-hybridized carbons (Fsp3) is 0.333. The number of carbonyl (C=O) groups excluding carboxylic acids is 2. The average Bonchev–Trinajstić information content (AvgIpc) is 2.55. The fourth-order valence-corrected chi connectivity index (χ4v) is 2.52. The first-order chi connectivity index (χ1) is 11.7. The van der Waals surface area contributed by atoms with Crippen molar-refractivity contribution >= 4 is 17.5 Å². The van der Waals surface area contributed by atoms with Crippen molar-refractivity contribution in [2.75, 3.05) is 12.4 Å². The highest BCUT2D eigenvalue weighted by atomic mass is 16.2. The maximum Gasteiger partial charge on any atom is 0.234 e. The summed E-state index contributed by atoms with van der Waals surface area (Å²) in [6.45, 7) is 7.91. The number of nitrogens with zero attached hydrogens (tertiary/aromatic N) is 1. The number of aryl methyl sites for hydroxylation is 1. The van der Waals surface area contributed by atoms with Crippen LogP contribution in [0.15, 0.2) is 48.5 Å². The van der Waals surface area contributed by atoms with Crippen LogP contribution < -0.4 is 5.32 Å². The summed E-state index contributed by atoms with van der Waals surface area (Å²) >= 11 is 0. The van der Waals surface area contributed by atoms with Gasteiger partial charge in [-0.1, -0.05) is 42.0 Å². The second-order valence-corrected chi connectivity index (χ2v) is 7.02. The second kappa shape index (κ2) is 7.51. The SMILES string of the molecule is CC(=O)N(C)Cc1cccc(NC(=O)C(C)(C)c2ccc(C)cc2)c1. The molecule has 25 heavy (non-hydrogen) atoms. The van der Waals surface area contributed by atoms with Gasteiger partial charge in [-0.25, -0.2) is 0 Å². The number of nitrogens with one attached hydrogen (secondary N) is 1. The zero-order chi connectivity index (χ0) is 18.6. The van der Waals surface area contributed by atoms with E-state index in [1.165, 1.54) is 12.5 Å². The number of amides is 2. The lowest BCUT2D eigenvalue weighted by atomic mass is 9.83. The molecule has 0 aliphatic heterocycles. The van der Waals surface area contributed by atoms with Gasteiger partial charge in [-0.2, -0.15) is 0 Å². The average molecular weight is 338 g/mol. The molecule has 0 bridgehead atoms. The van der Waals surface area contributed by atoms with Gasteiger partial charge in [-0.15, -0.1) is 0 Å². The molecule has 2 rings (SSSR count). The molecule has 0 aliphatic rings. The summed E-state index contributed by atoms with van der Waals surface area (Å²) in [5.74, 6) is -0.0524. The molecule has 0 fully saturated rings. The van der Waals surface area contributed by atoms with Crippen LogP contribution in [0.1, 0.15) is 37.5 Å². The van der Waals surface area contributed by atoms with Crippen molar-refractivity contribution in [2.45, 2.75) is 39.7 Å². The smallest absolute Gasteiger partial charge is 0.234 e. The molecule has 0 atom stereocenters. The van der Waals surface area contributed by atoms with Crippen molar-refractivity contribution in [1.82, 2.24) is 4.90 Å². The van der Waals surface area contributed by atoms with Crippen LogP contribution in [-0.2, 0) is 21.5 Å². The van der Waals surface area contributed by atoms with Gasteiger partial charge in [0.25, 0.3) is 0 Å². The lowest BCUT2D eigenvalue weighted by Crippen LogP contribution is -2.34. The molecule has 0 radical (unpaired) electrons. The summed E-state index contributed by atoms with van der Waals surface area (Å²) in [6.07, 6.45) is 0. The van der Waals surface area contributed by atoms with Crippen LogP contribution in [0.5, 0.6) is 0 Å². The number of carbonyl (C=O) groups is 2. The highest BCUT2D eigenvalue weighted by Crippen LogP contribution is 2.26. The minimum absolute atomic E-state index is 0.00921. The van der Waals surface area contributed by atoms with Crippen molar-refractivity contribution in [3.8, 4) is 0 Å². The lowest BCUT2D eigenvalue weighted by molar-refractivity contribution is -0.128. The van der Waals surface area contributed by atoms with Crippen molar-refractivity contribution < 1.29 is 9.59 Å². The highest BCUT2D eigenvalue weighted by Gasteiger charge is 2.29. The molecule has 0 saturated carbocycles. The second-order valence-electron chi connectivity index (χ2n) is 7.02. The first-order valence-electron chi connectivity index (χ1n) is 8.39. The van der Waals surface area contributed by atoms with E-state index in [1.807, 2.05) is 69.3 Å². The Morgan fingerprint density at radius 2 is 1.72 bits per heavy atom. The van der Waals surface area contributed by atoms with Crippen LogP contribution in [0.2, 0.25) is 0 Å². The van der Waals surface area contributed by atoms with E-state index < -0.39 is 5.41 Å². The Morgan fingerprint density at radius 1 is 1.08 bits per heavy atom. The zero-order valence-corrected chi connectivity index (χ0v) is 15.6. The van der Waals surface area contributed by atoms with Crippen LogP contribution in [0.4, 0.5) is 5.69 Å². The first-order valence-corrected chi connectivity index (χ1v) is 8.39. The van der Waals surface area contributed by atoms with Crippen LogP contribution >= 0.6 is 0 Å². The minimum Gasteiger partial charge on any atom is -0.342 e. The normalized spacial score (nSPS) is 11.1. The molecule has 2 aromatic carbocycles. The van der Waals surface area contributed by atoms with Crippen LogP contribution in [-0.4, -0.2) is 23.8 Å². The summed E-state index contributed by atoms with van der Waals surface area (Å²) in [5.41, 5.74) is 3.22. The van der Waals surface area contributed by atoms with Crippen molar-refractivity contribution in [1.29, 1.82) is 0 Å². The number of hydrogen-bond donors (Lipinski definition) is 1. The van der Waals surface area contributed by atoms with Gasteiger partial charge >= 0.3 is 0 Å². The molecule has 0 saturated heterocycles. The Hall–Kier alpha value is -2.62. The largest absolute Gasteiger partial charge is 0.342 e. The molecule has 1 N–H and O–H groups in total. The number of anilines is 1. The minimum atomic E-state index is -0.639. The number of benzene rings is 2. The Morgan fingerprint density at radius 3 is 2.32 bits per heavy atom. The van der Waals surface area contributed by atoms with E-state index in [4.69, 9.17) is 0 Å². The summed E-state index contributed by atoms with van der Waals surface area (Å²) in [6, 6.07) is 15.6. The molecule has 0 spiro atoms. The quantitative estimate of drug-likeness (QED) is 0.899. The van der Waals surface area contributed by atoms with Gasteiger partial charge in [0.2, 0.25) is 11.8 Å². The van der Waals surface area contributed by atoms with E-state index in [0.717, 1.165) is 16.8 Å². The lowest BCUT2D eigenvalue weighted by Gasteiger charge is -2.24. The predicted octanol–water partition coefficient (Wildman–Crippen LogP) is 3.89. The van der Waals surface area contributed by atoms with Crippen molar-refractivity contribution in [3.63, 3.8) is 0 Å². The van der Waals surface area contributed by atoms with Crippen LogP contribution in [0.3, 0.4) is 0 Å². The summed E-state index contributed by atoms with van der Waals surface area (Å²) < 4.78 is 0. The highest BCUT2D eigenvalue weighted by molar-refractivity contribution is 5.98. The third kappa shape index (κ3) is 4.69. The van der Waals surface area contributed by atoms with Gasteiger partial charge in [-0.3, -0.25) is 9.59 Å². The number of hydrogen-bond acceptors (Lipinski definition) is 2. The molecule has 0 unspecified atom stereocenters. The van der Waals surface area contributed by atoms with Crippen LogP contribution in [0.25, 0.3) is 0 Å². The molecule has 0 aliphatic carbocycles. The molecule has 4 nitrogen and oxygen atoms in total. The summed E-state index contributed by atoms with van der Waals surface area (Å²) in [5, 5.41) is 3.00. The third-order valence-electron chi connectivity index (χ3n) is 4.48. The standard InChI is InChI=1S/C21H26N2O2/c1-15-9-11-18(12-10-15)21(3,4)20(25)22-19-8-6-7-17(13-19)14-23(5)16(2)24/h6-13H,14H2,1-5H3,(H,22,25). The van der Waals surface area contributed by atoms with E-state index in [9.17, 15) is 9.59 Å². The van der Waals surface area contributed by atoms with Gasteiger partial charge in [0.1, 0.15) is 0 Å². The van der Waals surface area contributed by atoms with Gasteiger partial charge in [0, 0.05) is 26.2 Å². The van der Waals surface area contributed by atoms with E-state index in [0.29, 0.717) is 6.54 Å². The maximum absolute atomic E-state index is 12.8. The maximum atomic E-state index is 12.8. The van der Waals surface area contributed by atoms with E-state index >= 15 is 0 Å². The Labute approximate surface area is 149 Å². The van der Waals surface area contributed by atoms with E-state index in [2.05, 4.69) is 5.32 Å². The van der Waals surface area contributed by atoms with Gasteiger partial charge in [0.15, 0.2) is 0 Å². The third-order valence-corrected chi connectivity index (χ3v) is 4.48. The summed E-state index contributed by atoms with van der Waals surface area (Å²) in [7, 11) is 1.76. The number of rotatable bonds is 5. The Bertz CT molecular complexity index is 764. The monoisotopic (exact) mass is 338 g/mol. The van der Waals surface area contributed by atoms with E-state index in [1.54, 1.807) is 11.9 Å². The first kappa shape index (κ1) is 18.7. The Balaban J connectivity index is 2.14. The molecule has 132 valence electrons. The molecule has 2 aromatic rings. The van der Waals surface area contributed by atoms with Crippen molar-refractivity contribution in [2.24, 2.45) is 0 Å². The Kier molecular flexibility index (Phi) is 5.62. The molecular weight excluding hydrogens is 312 g/mol. The molecule has 4 heteroatoms. The van der Waals surface area contributed by atoms with Crippen LogP contribution in [0, 0.1) is 6.92 Å². The summed E-state index contributed by atoms with van der Waals surface area (Å²) in [4.78, 5) is 25.8. The topological polar surface area (TPSA) is 49.4 Å². The van der Waals surface area contributed by atoms with E-state index in [-0.39, 0.29) is 11.8 Å². The van der Waals surface area contributed by atoms with Crippen molar-refractivity contribution in [3.05, 3.63) is 65.2 Å². The molecule has 0 heterocycles. The van der Waals surface area contributed by atoms with Gasteiger partial charge < -0.3 is 10.2 Å². The predicted molar refractivity (Wildman–Crippen MR) is 101 cm³/mol. The molecule has 0 aromatic heterocycles. The fourth-order valence-electron chi connectivity index (χ4n) is 2.52.